The van der Waals surface area contributed by atoms with Gasteiger partial charge in [-0.2, -0.15) is 0 Å². The highest BCUT2D eigenvalue weighted by molar-refractivity contribution is 7.93. The molecular formula is C6H7N3O4S. The number of carboxylic acid groups (broad SMARTS) is 1. The van der Waals surface area contributed by atoms with E-state index in [4.69, 9.17) is 5.11 Å². The summed E-state index contributed by atoms with van der Waals surface area (Å²) in [7, 11) is -3.86. The standard InChI is InChI=1S/C6H7N3O4S/c10-6(11)3-14(12,13)9-5-1-7-4-8-2-5/h1-2,4,9H,3H2,(H,10,11). The van der Waals surface area contributed by atoms with E-state index in [2.05, 4.69) is 9.97 Å². The molecule has 0 unspecified atom stereocenters. The second-order valence-corrected chi connectivity index (χ2v) is 4.10. The molecule has 76 valence electrons. The molecule has 14 heavy (non-hydrogen) atoms. The SMILES string of the molecule is O=C(O)CS(=O)(=O)Nc1cncnc1. The van der Waals surface area contributed by atoms with Crippen LogP contribution in [-0.4, -0.2) is 35.2 Å². The van der Waals surface area contributed by atoms with Gasteiger partial charge < -0.3 is 5.11 Å². The van der Waals surface area contributed by atoms with Gasteiger partial charge in [-0.05, 0) is 0 Å². The molecule has 0 aliphatic heterocycles. The summed E-state index contributed by atoms with van der Waals surface area (Å²) in [6.45, 7) is 0. The van der Waals surface area contributed by atoms with Crippen LogP contribution in [0.5, 0.6) is 0 Å². The van der Waals surface area contributed by atoms with Crippen LogP contribution in [0.1, 0.15) is 0 Å². The Kier molecular flexibility index (Phi) is 2.97. The molecule has 1 aromatic rings. The van der Waals surface area contributed by atoms with Gasteiger partial charge in [0.05, 0.1) is 18.1 Å². The van der Waals surface area contributed by atoms with Crippen molar-refractivity contribution in [3.05, 3.63) is 18.7 Å². The molecule has 7 nitrogen and oxygen atoms in total. The van der Waals surface area contributed by atoms with Gasteiger partial charge >= 0.3 is 5.97 Å². The number of carboxylic acids is 1. The van der Waals surface area contributed by atoms with E-state index in [1.54, 1.807) is 0 Å². The zero-order chi connectivity index (χ0) is 10.6. The second-order valence-electron chi connectivity index (χ2n) is 2.38. The first-order chi connectivity index (χ1) is 6.49. The van der Waals surface area contributed by atoms with Crippen LogP contribution in [-0.2, 0) is 14.8 Å². The van der Waals surface area contributed by atoms with Crippen molar-refractivity contribution in [2.24, 2.45) is 0 Å². The molecular weight excluding hydrogens is 210 g/mol. The molecule has 0 amide bonds. The number of rotatable bonds is 4. The van der Waals surface area contributed by atoms with Gasteiger partial charge in [-0.15, -0.1) is 0 Å². The maximum atomic E-state index is 11.1. The van der Waals surface area contributed by atoms with E-state index in [9.17, 15) is 13.2 Å². The molecule has 0 atom stereocenters. The molecule has 1 aromatic heterocycles. The third-order valence-electron chi connectivity index (χ3n) is 1.15. The van der Waals surface area contributed by atoms with Crippen LogP contribution in [0.4, 0.5) is 5.69 Å². The highest BCUT2D eigenvalue weighted by Gasteiger charge is 2.15. The summed E-state index contributed by atoms with van der Waals surface area (Å²) in [6, 6.07) is 0. The fourth-order valence-electron chi connectivity index (χ4n) is 0.730. The lowest BCUT2D eigenvalue weighted by Crippen LogP contribution is -2.22. The molecule has 0 radical (unpaired) electrons. The maximum Gasteiger partial charge on any atom is 0.320 e. The largest absolute Gasteiger partial charge is 0.480 e. The Morgan fingerprint density at radius 1 is 1.43 bits per heavy atom. The number of aromatic nitrogens is 2. The fourth-order valence-corrected chi connectivity index (χ4v) is 1.59. The monoisotopic (exact) mass is 217 g/mol. The Hall–Kier alpha value is -1.70. The lowest BCUT2D eigenvalue weighted by atomic mass is 10.6. The van der Waals surface area contributed by atoms with Crippen molar-refractivity contribution in [3.63, 3.8) is 0 Å². The van der Waals surface area contributed by atoms with Crippen LogP contribution in [0.3, 0.4) is 0 Å². The first-order valence-electron chi connectivity index (χ1n) is 3.47. The third kappa shape index (κ3) is 3.35. The molecule has 1 rings (SSSR count). The van der Waals surface area contributed by atoms with Gasteiger partial charge in [0.1, 0.15) is 6.33 Å². The molecule has 0 aliphatic rings. The first kappa shape index (κ1) is 10.4. The van der Waals surface area contributed by atoms with Crippen LogP contribution < -0.4 is 4.72 Å². The zero-order valence-electron chi connectivity index (χ0n) is 6.91. The molecule has 2 N–H and O–H groups in total. The lowest BCUT2D eigenvalue weighted by Gasteiger charge is -2.03. The van der Waals surface area contributed by atoms with E-state index >= 15 is 0 Å². The quantitative estimate of drug-likeness (QED) is 0.690. The number of aliphatic carboxylic acids is 1. The summed E-state index contributed by atoms with van der Waals surface area (Å²) in [5, 5.41) is 8.28. The van der Waals surface area contributed by atoms with Gasteiger partial charge in [0.2, 0.25) is 10.0 Å². The van der Waals surface area contributed by atoms with Crippen molar-refractivity contribution in [1.82, 2.24) is 9.97 Å². The molecule has 0 saturated heterocycles. The van der Waals surface area contributed by atoms with Crippen LogP contribution in [0, 0.1) is 0 Å². The Bertz CT molecular complexity index is 416. The van der Waals surface area contributed by atoms with Gasteiger partial charge in [-0.25, -0.2) is 18.4 Å². The topological polar surface area (TPSA) is 109 Å². The minimum absolute atomic E-state index is 0.133. The van der Waals surface area contributed by atoms with Gasteiger partial charge in [0.15, 0.2) is 5.75 Å². The number of hydrogen-bond donors (Lipinski definition) is 2. The van der Waals surface area contributed by atoms with Crippen molar-refractivity contribution in [2.75, 3.05) is 10.5 Å². The van der Waals surface area contributed by atoms with Crippen molar-refractivity contribution >= 4 is 21.7 Å². The average Bonchev–Trinajstić information content (AvgIpc) is 2.02. The molecule has 0 bridgehead atoms. The van der Waals surface area contributed by atoms with Crippen molar-refractivity contribution < 1.29 is 18.3 Å². The zero-order valence-corrected chi connectivity index (χ0v) is 7.73. The van der Waals surface area contributed by atoms with E-state index in [1.165, 1.54) is 18.7 Å². The molecule has 0 aromatic carbocycles. The van der Waals surface area contributed by atoms with E-state index in [1.807, 2.05) is 4.72 Å². The predicted molar refractivity (Wildman–Crippen MR) is 47.1 cm³/mol. The smallest absolute Gasteiger partial charge is 0.320 e. The molecule has 0 fully saturated rings. The average molecular weight is 217 g/mol. The highest BCUT2D eigenvalue weighted by Crippen LogP contribution is 2.03. The van der Waals surface area contributed by atoms with E-state index in [0.29, 0.717) is 0 Å². The summed E-state index contributed by atoms with van der Waals surface area (Å²) >= 11 is 0. The third-order valence-corrected chi connectivity index (χ3v) is 2.32. The second kappa shape index (κ2) is 4.01. The number of carbonyl (C=O) groups is 1. The maximum absolute atomic E-state index is 11.1. The minimum atomic E-state index is -3.86. The molecule has 0 spiro atoms. The fraction of sp³-hybridized carbons (Fsp3) is 0.167. The number of nitrogens with one attached hydrogen (secondary N) is 1. The summed E-state index contributed by atoms with van der Waals surface area (Å²) in [5.41, 5.74) is 0.133. The summed E-state index contributed by atoms with van der Waals surface area (Å²) in [6.07, 6.45) is 3.69. The summed E-state index contributed by atoms with van der Waals surface area (Å²) < 4.78 is 24.1. The minimum Gasteiger partial charge on any atom is -0.480 e. The van der Waals surface area contributed by atoms with Crippen LogP contribution in [0.15, 0.2) is 18.7 Å². The predicted octanol–water partition coefficient (Wildman–Crippen LogP) is -0.697. The Morgan fingerprint density at radius 3 is 2.50 bits per heavy atom. The van der Waals surface area contributed by atoms with Gasteiger partial charge in [-0.1, -0.05) is 0 Å². The Labute approximate surface area is 79.9 Å². The van der Waals surface area contributed by atoms with E-state index in [0.717, 1.165) is 0 Å². The van der Waals surface area contributed by atoms with Crippen molar-refractivity contribution in [3.8, 4) is 0 Å². The lowest BCUT2D eigenvalue weighted by molar-refractivity contribution is -0.134. The Morgan fingerprint density at radius 2 is 2.00 bits per heavy atom. The molecule has 8 heteroatoms. The number of hydrogen-bond acceptors (Lipinski definition) is 5. The van der Waals surface area contributed by atoms with Gasteiger partial charge in [0, 0.05) is 0 Å². The number of anilines is 1. The van der Waals surface area contributed by atoms with Crippen LogP contribution in [0.2, 0.25) is 0 Å². The summed E-state index contributed by atoms with van der Waals surface area (Å²) in [5.74, 6) is -2.41. The van der Waals surface area contributed by atoms with Crippen LogP contribution >= 0.6 is 0 Å². The van der Waals surface area contributed by atoms with Crippen molar-refractivity contribution in [1.29, 1.82) is 0 Å². The van der Waals surface area contributed by atoms with E-state index in [-0.39, 0.29) is 5.69 Å². The van der Waals surface area contributed by atoms with Crippen LogP contribution in [0.25, 0.3) is 0 Å². The highest BCUT2D eigenvalue weighted by atomic mass is 32.2. The van der Waals surface area contributed by atoms with Gasteiger partial charge in [0.25, 0.3) is 0 Å². The normalized spacial score (nSPS) is 10.9. The molecule has 0 aliphatic carbocycles. The summed E-state index contributed by atoms with van der Waals surface area (Å²) in [4.78, 5) is 17.3. The molecule has 1 heterocycles. The molecule has 0 saturated carbocycles. The number of nitrogens with zero attached hydrogens (tertiary/aromatic N) is 2. The Balaban J connectivity index is 2.74. The van der Waals surface area contributed by atoms with E-state index < -0.39 is 21.7 Å². The van der Waals surface area contributed by atoms with Gasteiger partial charge in [-0.3, -0.25) is 9.52 Å². The first-order valence-corrected chi connectivity index (χ1v) is 5.12. The van der Waals surface area contributed by atoms with Crippen molar-refractivity contribution in [2.45, 2.75) is 0 Å². The number of sulfonamides is 1.